The van der Waals surface area contributed by atoms with Gasteiger partial charge in [-0.15, -0.1) is 0 Å². The van der Waals surface area contributed by atoms with Crippen molar-refractivity contribution in [2.24, 2.45) is 22.2 Å². The predicted octanol–water partition coefficient (Wildman–Crippen LogP) is 2.66. The Morgan fingerprint density at radius 1 is 1.09 bits per heavy atom. The fourth-order valence-electron chi connectivity index (χ4n) is 5.70. The minimum Gasteiger partial charge on any atom is -0.459 e. The summed E-state index contributed by atoms with van der Waals surface area (Å²) in [5, 5.41) is 19.9. The Hall–Kier alpha value is -0.610. The molecule has 4 heteroatoms. The van der Waals surface area contributed by atoms with Gasteiger partial charge >= 0.3 is 5.97 Å². The van der Waals surface area contributed by atoms with E-state index in [9.17, 15) is 15.0 Å². The van der Waals surface area contributed by atoms with E-state index in [4.69, 9.17) is 4.74 Å². The fraction of sp³-hybridized carbons (Fsp3) is 0.944. The van der Waals surface area contributed by atoms with Gasteiger partial charge in [0.1, 0.15) is 5.60 Å². The van der Waals surface area contributed by atoms with E-state index in [0.29, 0.717) is 5.92 Å². The predicted molar refractivity (Wildman–Crippen MR) is 83.1 cm³/mol. The first-order chi connectivity index (χ1) is 10.2. The van der Waals surface area contributed by atoms with E-state index in [-0.39, 0.29) is 30.0 Å². The summed E-state index contributed by atoms with van der Waals surface area (Å²) in [7, 11) is 0. The molecule has 2 N–H and O–H groups in total. The Morgan fingerprint density at radius 2 is 1.64 bits per heavy atom. The second-order valence-corrected chi connectivity index (χ2v) is 9.13. The van der Waals surface area contributed by atoms with Gasteiger partial charge in [0.15, 0.2) is 0 Å². The van der Waals surface area contributed by atoms with Crippen LogP contribution in [0.25, 0.3) is 0 Å². The van der Waals surface area contributed by atoms with Crippen LogP contribution in [0.3, 0.4) is 0 Å². The minimum absolute atomic E-state index is 0.127. The molecule has 0 aromatic rings. The Kier molecular flexibility index (Phi) is 3.65. The Bertz CT molecular complexity index is 450. The summed E-state index contributed by atoms with van der Waals surface area (Å²) >= 11 is 0. The van der Waals surface area contributed by atoms with Crippen molar-refractivity contribution in [2.75, 3.05) is 13.2 Å². The highest BCUT2D eigenvalue weighted by molar-refractivity contribution is 5.76. The van der Waals surface area contributed by atoms with Crippen LogP contribution in [0.2, 0.25) is 0 Å². The van der Waals surface area contributed by atoms with Crippen molar-refractivity contribution >= 4 is 5.97 Å². The molecule has 0 amide bonds. The molecule has 4 fully saturated rings. The van der Waals surface area contributed by atoms with Gasteiger partial charge in [-0.05, 0) is 75.5 Å². The van der Waals surface area contributed by atoms with Gasteiger partial charge in [-0.2, -0.15) is 0 Å². The molecule has 2 atom stereocenters. The number of rotatable bonds is 5. The average molecular weight is 310 g/mol. The number of ether oxygens (including phenoxy) is 1. The van der Waals surface area contributed by atoms with E-state index in [1.54, 1.807) is 0 Å². The molecule has 0 aromatic heterocycles. The van der Waals surface area contributed by atoms with Gasteiger partial charge in [-0.25, -0.2) is 0 Å². The van der Waals surface area contributed by atoms with E-state index in [2.05, 4.69) is 0 Å². The van der Waals surface area contributed by atoms with Crippen LogP contribution in [-0.4, -0.2) is 35.0 Å². The molecule has 22 heavy (non-hydrogen) atoms. The fourth-order valence-corrected chi connectivity index (χ4v) is 5.70. The minimum atomic E-state index is -0.470. The molecule has 126 valence electrons. The smallest absolute Gasteiger partial charge is 0.312 e. The van der Waals surface area contributed by atoms with Crippen LogP contribution in [0, 0.1) is 22.2 Å². The standard InChI is InChI=1S/C18H30O4/c1-4-15(2,3)14(21)22-18-7-13-5-16(9-18,11-19)8-17(6-13,10-18)12-20/h13,19-20H,4-12H2,1-3H3. The Morgan fingerprint density at radius 3 is 2.09 bits per heavy atom. The summed E-state index contributed by atoms with van der Waals surface area (Å²) in [6.07, 6.45) is 6.09. The number of aliphatic hydroxyl groups excluding tert-OH is 2. The quantitative estimate of drug-likeness (QED) is 0.766. The number of carbonyl (C=O) groups is 1. The zero-order chi connectivity index (χ0) is 16.2. The van der Waals surface area contributed by atoms with E-state index < -0.39 is 11.0 Å². The second-order valence-electron chi connectivity index (χ2n) is 9.13. The van der Waals surface area contributed by atoms with Crippen molar-refractivity contribution in [3.05, 3.63) is 0 Å². The molecule has 2 unspecified atom stereocenters. The summed E-state index contributed by atoms with van der Waals surface area (Å²) in [5.74, 6) is 0.339. The summed E-state index contributed by atoms with van der Waals surface area (Å²) in [6, 6.07) is 0. The van der Waals surface area contributed by atoms with Crippen LogP contribution in [0.1, 0.15) is 65.7 Å². The van der Waals surface area contributed by atoms with Crippen LogP contribution in [0.15, 0.2) is 0 Å². The van der Waals surface area contributed by atoms with Gasteiger partial charge in [-0.1, -0.05) is 6.92 Å². The third-order valence-corrected chi connectivity index (χ3v) is 6.66. The van der Waals surface area contributed by atoms with Gasteiger partial charge in [0, 0.05) is 13.2 Å². The molecule has 0 radical (unpaired) electrons. The monoisotopic (exact) mass is 310 g/mol. The summed E-state index contributed by atoms with van der Waals surface area (Å²) < 4.78 is 6.10. The molecule has 0 heterocycles. The molecule has 4 saturated carbocycles. The van der Waals surface area contributed by atoms with Crippen molar-refractivity contribution < 1.29 is 19.7 Å². The number of hydrogen-bond acceptors (Lipinski definition) is 4. The SMILES string of the molecule is CCC(C)(C)C(=O)OC12CC3CC(CO)(CC(CO)(C3)C1)C2. The lowest BCUT2D eigenvalue weighted by molar-refractivity contribution is -0.239. The molecule has 4 bridgehead atoms. The van der Waals surface area contributed by atoms with Gasteiger partial charge < -0.3 is 14.9 Å². The van der Waals surface area contributed by atoms with Crippen LogP contribution in [0.4, 0.5) is 0 Å². The number of carbonyl (C=O) groups excluding carboxylic acids is 1. The van der Waals surface area contributed by atoms with Gasteiger partial charge in [-0.3, -0.25) is 4.79 Å². The van der Waals surface area contributed by atoms with Crippen molar-refractivity contribution in [3.63, 3.8) is 0 Å². The van der Waals surface area contributed by atoms with E-state index in [0.717, 1.165) is 44.9 Å². The second kappa shape index (κ2) is 4.94. The maximum Gasteiger partial charge on any atom is 0.312 e. The molecular weight excluding hydrogens is 280 g/mol. The highest BCUT2D eigenvalue weighted by Crippen LogP contribution is 2.67. The normalized spacial score (nSPS) is 43.4. The lowest BCUT2D eigenvalue weighted by Crippen LogP contribution is -2.63. The van der Waals surface area contributed by atoms with Crippen molar-refractivity contribution in [1.29, 1.82) is 0 Å². The first-order valence-corrected chi connectivity index (χ1v) is 8.67. The molecule has 0 aliphatic heterocycles. The largest absolute Gasteiger partial charge is 0.459 e. The maximum atomic E-state index is 12.6. The van der Waals surface area contributed by atoms with Crippen molar-refractivity contribution in [2.45, 2.75) is 71.3 Å². The van der Waals surface area contributed by atoms with E-state index in [1.165, 1.54) is 0 Å². The number of aliphatic hydroxyl groups is 2. The molecule has 0 aromatic carbocycles. The van der Waals surface area contributed by atoms with E-state index >= 15 is 0 Å². The van der Waals surface area contributed by atoms with Gasteiger partial charge in [0.05, 0.1) is 5.41 Å². The first-order valence-electron chi connectivity index (χ1n) is 8.67. The lowest BCUT2D eigenvalue weighted by Gasteiger charge is -2.65. The highest BCUT2D eigenvalue weighted by atomic mass is 16.6. The third-order valence-electron chi connectivity index (χ3n) is 6.66. The average Bonchev–Trinajstić information content (AvgIpc) is 2.45. The zero-order valence-electron chi connectivity index (χ0n) is 14.2. The summed E-state index contributed by atoms with van der Waals surface area (Å²) in [5.41, 5.74) is -1.24. The molecule has 4 aliphatic rings. The molecule has 0 saturated heterocycles. The van der Waals surface area contributed by atoms with Gasteiger partial charge in [0.25, 0.3) is 0 Å². The third kappa shape index (κ3) is 2.39. The molecule has 0 spiro atoms. The maximum absolute atomic E-state index is 12.6. The van der Waals surface area contributed by atoms with E-state index in [1.807, 2.05) is 20.8 Å². The van der Waals surface area contributed by atoms with Crippen molar-refractivity contribution in [1.82, 2.24) is 0 Å². The summed E-state index contributed by atoms with van der Waals surface area (Å²) in [4.78, 5) is 12.6. The lowest BCUT2D eigenvalue weighted by atomic mass is 9.43. The molecule has 4 nitrogen and oxygen atoms in total. The Balaban J connectivity index is 1.89. The van der Waals surface area contributed by atoms with Crippen LogP contribution < -0.4 is 0 Å². The molecule has 4 rings (SSSR count). The van der Waals surface area contributed by atoms with Gasteiger partial charge in [0.2, 0.25) is 0 Å². The highest BCUT2D eigenvalue weighted by Gasteiger charge is 2.64. The van der Waals surface area contributed by atoms with Crippen LogP contribution >= 0.6 is 0 Å². The zero-order valence-corrected chi connectivity index (χ0v) is 14.2. The van der Waals surface area contributed by atoms with Crippen LogP contribution in [0.5, 0.6) is 0 Å². The Labute approximate surface area is 133 Å². The molecule has 4 aliphatic carbocycles. The van der Waals surface area contributed by atoms with Crippen molar-refractivity contribution in [3.8, 4) is 0 Å². The first kappa shape index (κ1) is 16.3. The number of hydrogen-bond donors (Lipinski definition) is 2. The number of esters is 1. The summed E-state index contributed by atoms with van der Waals surface area (Å²) in [6.45, 7) is 6.15. The topological polar surface area (TPSA) is 66.8 Å². The molecular formula is C18H30O4. The van der Waals surface area contributed by atoms with Crippen LogP contribution in [-0.2, 0) is 9.53 Å².